The Morgan fingerprint density at radius 2 is 0.694 bits per heavy atom. The molecule has 13 aromatic rings. The number of rotatable bonds is 17. The zero-order chi connectivity index (χ0) is 64.2. The van der Waals surface area contributed by atoms with Crippen LogP contribution in [0, 0.1) is 11.8 Å². The van der Waals surface area contributed by atoms with E-state index in [2.05, 4.69) is 279 Å². The summed E-state index contributed by atoms with van der Waals surface area (Å²) in [6.45, 7) is 3.57. The van der Waals surface area contributed by atoms with Gasteiger partial charge in [-0.05, 0) is 235 Å². The predicted octanol–water partition coefficient (Wildman–Crippen LogP) is 18.7. The van der Waals surface area contributed by atoms with Crippen molar-refractivity contribution in [3.8, 4) is 39.5 Å². The van der Waals surface area contributed by atoms with Crippen molar-refractivity contribution in [3.63, 3.8) is 0 Å². The summed E-state index contributed by atoms with van der Waals surface area (Å²) in [6.07, 6.45) is 14.2. The zero-order valence-electron chi connectivity index (χ0n) is 53.7. The van der Waals surface area contributed by atoms with Gasteiger partial charge in [0.25, 0.3) is 0 Å². The molecule has 0 saturated carbocycles. The van der Waals surface area contributed by atoms with E-state index in [1.54, 1.807) is 0 Å². The zero-order valence-corrected chi connectivity index (χ0v) is 53.7. The summed E-state index contributed by atoms with van der Waals surface area (Å²) in [4.78, 5) is 0. The number of fused-ring (bicyclic) bond motifs is 13. The lowest BCUT2D eigenvalue weighted by Gasteiger charge is -2.38. The van der Waals surface area contributed by atoms with Crippen LogP contribution in [0.5, 0.6) is 17.2 Å². The lowest BCUT2D eigenvalue weighted by atomic mass is 9.64. The molecule has 98 heavy (non-hydrogen) atoms. The van der Waals surface area contributed by atoms with Crippen molar-refractivity contribution < 1.29 is 37.9 Å². The van der Waals surface area contributed by atoms with Gasteiger partial charge in [0.2, 0.25) is 0 Å². The normalized spacial score (nSPS) is 23.8. The van der Waals surface area contributed by atoms with Crippen LogP contribution < -0.4 is 14.2 Å². The fourth-order valence-corrected chi connectivity index (χ4v) is 17.0. The van der Waals surface area contributed by atoms with Crippen LogP contribution in [0.4, 0.5) is 0 Å². The molecule has 0 bridgehead atoms. The van der Waals surface area contributed by atoms with Crippen LogP contribution in [0.15, 0.2) is 290 Å². The van der Waals surface area contributed by atoms with Gasteiger partial charge >= 0.3 is 0 Å². The second kappa shape index (κ2) is 22.0. The molecule has 0 amide bonds. The average molecular weight is 1280 g/mol. The molecule has 0 N–H and O–H groups in total. The highest BCUT2D eigenvalue weighted by molar-refractivity contribution is 6.02. The molecule has 21 rings (SSSR count). The molecule has 0 radical (unpaired) electrons. The van der Waals surface area contributed by atoms with Gasteiger partial charge in [-0.1, -0.05) is 176 Å². The van der Waals surface area contributed by atoms with E-state index in [0.29, 0.717) is 26.4 Å². The van der Waals surface area contributed by atoms with Crippen LogP contribution in [0.3, 0.4) is 0 Å². The van der Waals surface area contributed by atoms with Crippen molar-refractivity contribution in [3.05, 3.63) is 329 Å². The average Bonchev–Trinajstić information content (AvgIpc) is 1.61. The summed E-state index contributed by atoms with van der Waals surface area (Å²) in [5.74, 6) is 3.68. The SMILES string of the molecule is C1=CC2C=C(C3(c4ccc5cc(OCC6CO6)ccc5c4)c4ccccc4-c4cc5ccccc5cc43)C=CC2C=C1OCC1OC1C1OC1COc1ccc2cc(C3(c4ccc5cc(OCC6CO6)ccc5c4)c4cc5ccccc5cc4-c4cc5ccccc5cc43)ccc2c1. The van der Waals surface area contributed by atoms with E-state index < -0.39 is 10.8 Å². The highest BCUT2D eigenvalue weighted by Gasteiger charge is 2.58. The third-order valence-corrected chi connectivity index (χ3v) is 22.2. The van der Waals surface area contributed by atoms with E-state index in [1.807, 2.05) is 0 Å². The number of allylic oxidation sites excluding steroid dienone is 7. The topological polar surface area (TPSA) is 87.0 Å². The summed E-state index contributed by atoms with van der Waals surface area (Å²) >= 11 is 0. The second-order valence-electron chi connectivity index (χ2n) is 27.9. The first-order valence-corrected chi connectivity index (χ1v) is 34.6. The van der Waals surface area contributed by atoms with Crippen LogP contribution in [-0.4, -0.2) is 76.3 Å². The van der Waals surface area contributed by atoms with Gasteiger partial charge in [-0.15, -0.1) is 0 Å². The fraction of sp³-hybridized carbons (Fsp3) is 0.178. The van der Waals surface area contributed by atoms with Crippen molar-refractivity contribution in [1.82, 2.24) is 0 Å². The van der Waals surface area contributed by atoms with Crippen molar-refractivity contribution in [1.29, 1.82) is 0 Å². The molecule has 8 heteroatoms. The number of ether oxygens (including phenoxy) is 8. The summed E-state index contributed by atoms with van der Waals surface area (Å²) in [5, 5.41) is 14.2. The molecule has 474 valence electrons. The monoisotopic (exact) mass is 1270 g/mol. The Balaban J connectivity index is 0.518. The highest BCUT2D eigenvalue weighted by Crippen LogP contribution is 2.61. The lowest BCUT2D eigenvalue weighted by Crippen LogP contribution is -2.31. The third-order valence-electron chi connectivity index (χ3n) is 22.2. The van der Waals surface area contributed by atoms with E-state index in [4.69, 9.17) is 37.9 Å². The molecular formula is C90H66O8. The molecule has 8 aliphatic rings. The molecule has 4 aliphatic carbocycles. The molecule has 4 saturated heterocycles. The molecule has 0 aromatic heterocycles. The molecule has 9 atom stereocenters. The minimum atomic E-state index is -0.643. The standard InChI is InChI=1S/C90H66O8/c1-4-12-56-44-82-78(41-53(56)9-1)77-15-7-8-16-81(77)89(82,67-25-17-63-37-71(29-21-59(63)33-67)91-47-75-49-93-75)68-26-18-65-39-73(31-23-60(65)34-68)95-51-85-87(97-85)88-86(98-88)52-96-74-32-24-62-36-70(28-20-66(62)40-74)90(69-27-19-64-38-72(30-22-61(64)35-69)92-48-76-50-94-76)83-45-57-13-5-2-10-54(57)42-79(83)80-43-55-11-3-6-14-58(55)46-84(80)90/h1-46,60,65,75-76,85-88H,47-52H2. The largest absolute Gasteiger partial charge is 0.491 e. The Morgan fingerprint density at radius 1 is 0.316 bits per heavy atom. The van der Waals surface area contributed by atoms with Gasteiger partial charge in [-0.25, -0.2) is 0 Å². The van der Waals surface area contributed by atoms with Crippen LogP contribution in [0.1, 0.15) is 38.9 Å². The van der Waals surface area contributed by atoms with Gasteiger partial charge in [-0.2, -0.15) is 0 Å². The first-order chi connectivity index (χ1) is 48.4. The minimum absolute atomic E-state index is 0.0336. The van der Waals surface area contributed by atoms with Crippen molar-refractivity contribution >= 4 is 64.6 Å². The third kappa shape index (κ3) is 9.33. The molecule has 9 unspecified atom stereocenters. The number of epoxide rings is 4. The minimum Gasteiger partial charge on any atom is -0.491 e. The maximum Gasteiger partial charge on any atom is 0.121 e. The smallest absolute Gasteiger partial charge is 0.121 e. The number of hydrogen-bond acceptors (Lipinski definition) is 8. The Labute approximate surface area is 567 Å². The van der Waals surface area contributed by atoms with E-state index in [9.17, 15) is 0 Å². The molecule has 13 aromatic carbocycles. The molecule has 4 heterocycles. The maximum atomic E-state index is 6.56. The van der Waals surface area contributed by atoms with E-state index in [-0.39, 0.29) is 48.5 Å². The summed E-state index contributed by atoms with van der Waals surface area (Å²) < 4.78 is 48.8. The summed E-state index contributed by atoms with van der Waals surface area (Å²) in [7, 11) is 0. The maximum absolute atomic E-state index is 6.56. The van der Waals surface area contributed by atoms with Crippen LogP contribution in [-0.2, 0) is 34.5 Å². The van der Waals surface area contributed by atoms with Gasteiger partial charge in [0.15, 0.2) is 0 Å². The Kier molecular flexibility index (Phi) is 12.7. The van der Waals surface area contributed by atoms with Crippen molar-refractivity contribution in [2.75, 3.05) is 39.6 Å². The van der Waals surface area contributed by atoms with Gasteiger partial charge in [0.1, 0.15) is 86.1 Å². The fourth-order valence-electron chi connectivity index (χ4n) is 17.0. The summed E-state index contributed by atoms with van der Waals surface area (Å²) in [5.41, 5.74) is 14.0. The van der Waals surface area contributed by atoms with Crippen molar-refractivity contribution in [2.24, 2.45) is 11.8 Å². The molecule has 4 aliphatic heterocycles. The van der Waals surface area contributed by atoms with Crippen LogP contribution in [0.2, 0.25) is 0 Å². The molecular weight excluding hydrogens is 1210 g/mol. The lowest BCUT2D eigenvalue weighted by molar-refractivity contribution is 0.188. The van der Waals surface area contributed by atoms with Crippen LogP contribution >= 0.6 is 0 Å². The van der Waals surface area contributed by atoms with Gasteiger partial charge in [0, 0.05) is 11.8 Å². The number of hydrogen-bond donors (Lipinski definition) is 0. The van der Waals surface area contributed by atoms with E-state index >= 15 is 0 Å². The van der Waals surface area contributed by atoms with Gasteiger partial charge in [-0.3, -0.25) is 0 Å². The second-order valence-corrected chi connectivity index (χ2v) is 27.9. The van der Waals surface area contributed by atoms with Crippen LogP contribution in [0.25, 0.3) is 86.9 Å². The highest BCUT2D eigenvalue weighted by atomic mass is 16.7. The Hall–Kier alpha value is -10.6. The van der Waals surface area contributed by atoms with Gasteiger partial charge < -0.3 is 37.9 Å². The molecule has 4 fully saturated rings. The predicted molar refractivity (Wildman–Crippen MR) is 388 cm³/mol. The first kappa shape index (κ1) is 56.6. The van der Waals surface area contributed by atoms with Crippen molar-refractivity contribution in [2.45, 2.75) is 47.5 Å². The quantitative estimate of drug-likeness (QED) is 0.0834. The van der Waals surface area contributed by atoms with E-state index in [0.717, 1.165) is 63.2 Å². The Morgan fingerprint density at radius 3 is 1.19 bits per heavy atom. The molecule has 0 spiro atoms. The Bertz CT molecular complexity index is 5570. The first-order valence-electron chi connectivity index (χ1n) is 34.6. The van der Waals surface area contributed by atoms with Gasteiger partial charge in [0.05, 0.1) is 24.0 Å². The number of benzene rings is 13. The van der Waals surface area contributed by atoms with E-state index in [1.165, 1.54) is 104 Å². The molecule has 8 nitrogen and oxygen atoms in total. The summed E-state index contributed by atoms with van der Waals surface area (Å²) in [6, 6.07) is 90.3.